The third kappa shape index (κ3) is 13.9. The van der Waals surface area contributed by atoms with Gasteiger partial charge in [0.25, 0.3) is 0 Å². The van der Waals surface area contributed by atoms with Gasteiger partial charge >= 0.3 is 6.09 Å². The molecule has 10 nitrogen and oxygen atoms in total. The summed E-state index contributed by atoms with van der Waals surface area (Å²) in [6, 6.07) is 14.6. The standard InChI is InChI=1S/C28H41N3O7/c29-13-1-20-38-26-11-7-24(8-12-26)27(32)23-5-9-25(10-6-23)30-14-2-16-35-18-4-19-37-22-21-36-17-3-15-31-28(33)34/h5-12,30-31H,1-4,13-22,29H2,(H,33,34). The molecule has 0 aliphatic rings. The lowest BCUT2D eigenvalue weighted by Crippen LogP contribution is -2.23. The van der Waals surface area contributed by atoms with Gasteiger partial charge in [-0.1, -0.05) is 0 Å². The second-order valence-corrected chi connectivity index (χ2v) is 8.48. The molecule has 2 aromatic carbocycles. The van der Waals surface area contributed by atoms with Crippen molar-refractivity contribution < 1.29 is 33.6 Å². The van der Waals surface area contributed by atoms with E-state index in [4.69, 9.17) is 29.8 Å². The Hall–Kier alpha value is -3.18. The number of carboxylic acid groups (broad SMARTS) is 1. The molecule has 0 saturated carbocycles. The van der Waals surface area contributed by atoms with Gasteiger partial charge in [-0.2, -0.15) is 0 Å². The van der Waals surface area contributed by atoms with Crippen LogP contribution in [-0.4, -0.2) is 82.9 Å². The predicted molar refractivity (Wildman–Crippen MR) is 146 cm³/mol. The molecule has 1 amide bonds. The molecule has 0 fully saturated rings. The van der Waals surface area contributed by atoms with Crippen molar-refractivity contribution in [2.75, 3.05) is 71.2 Å². The van der Waals surface area contributed by atoms with E-state index in [-0.39, 0.29) is 5.78 Å². The fourth-order valence-corrected chi connectivity index (χ4v) is 3.35. The second-order valence-electron chi connectivity index (χ2n) is 8.48. The minimum atomic E-state index is -1.02. The molecule has 0 aliphatic carbocycles. The molecule has 2 aromatic rings. The first-order valence-corrected chi connectivity index (χ1v) is 13.1. The van der Waals surface area contributed by atoms with Crippen LogP contribution < -0.4 is 21.1 Å². The number of nitrogens with two attached hydrogens (primary N) is 1. The summed E-state index contributed by atoms with van der Waals surface area (Å²) in [4.78, 5) is 23.0. The Balaban J connectivity index is 1.47. The van der Waals surface area contributed by atoms with Crippen LogP contribution in [0.5, 0.6) is 5.75 Å². The zero-order valence-corrected chi connectivity index (χ0v) is 22.0. The van der Waals surface area contributed by atoms with E-state index in [1.54, 1.807) is 24.3 Å². The number of ketones is 1. The van der Waals surface area contributed by atoms with Gasteiger partial charge in [-0.05, 0) is 80.8 Å². The average molecular weight is 532 g/mol. The van der Waals surface area contributed by atoms with Gasteiger partial charge in [0, 0.05) is 56.3 Å². The molecule has 0 saturated heterocycles. The number of amides is 1. The molecule has 0 aromatic heterocycles. The summed E-state index contributed by atoms with van der Waals surface area (Å²) in [6.45, 7) is 5.73. The molecule has 210 valence electrons. The lowest BCUT2D eigenvalue weighted by atomic mass is 10.0. The van der Waals surface area contributed by atoms with Crippen molar-refractivity contribution >= 4 is 17.6 Å². The van der Waals surface area contributed by atoms with E-state index in [9.17, 15) is 9.59 Å². The monoisotopic (exact) mass is 531 g/mol. The molecule has 0 unspecified atom stereocenters. The van der Waals surface area contributed by atoms with Crippen LogP contribution in [0.25, 0.3) is 0 Å². The third-order valence-corrected chi connectivity index (χ3v) is 5.37. The van der Waals surface area contributed by atoms with Crippen LogP contribution in [0, 0.1) is 0 Å². The molecule has 0 atom stereocenters. The van der Waals surface area contributed by atoms with Gasteiger partial charge in [-0.3, -0.25) is 4.79 Å². The summed E-state index contributed by atoms with van der Waals surface area (Å²) in [7, 11) is 0. The summed E-state index contributed by atoms with van der Waals surface area (Å²) < 4.78 is 22.1. The highest BCUT2D eigenvalue weighted by Gasteiger charge is 2.09. The Morgan fingerprint density at radius 1 is 0.684 bits per heavy atom. The van der Waals surface area contributed by atoms with Crippen molar-refractivity contribution in [1.29, 1.82) is 0 Å². The number of carbonyl (C=O) groups excluding carboxylic acids is 1. The van der Waals surface area contributed by atoms with Gasteiger partial charge in [0.05, 0.1) is 19.8 Å². The Bertz CT molecular complexity index is 908. The maximum atomic E-state index is 12.7. The van der Waals surface area contributed by atoms with Gasteiger partial charge in [0.1, 0.15) is 5.75 Å². The summed E-state index contributed by atoms with van der Waals surface area (Å²) in [5.41, 5.74) is 7.68. The molecule has 0 radical (unpaired) electrons. The van der Waals surface area contributed by atoms with Crippen molar-refractivity contribution in [3.05, 3.63) is 59.7 Å². The molecular weight excluding hydrogens is 490 g/mol. The number of benzene rings is 2. The minimum absolute atomic E-state index is 0.0273. The van der Waals surface area contributed by atoms with Crippen molar-refractivity contribution in [1.82, 2.24) is 5.32 Å². The van der Waals surface area contributed by atoms with Gasteiger partial charge in [-0.25, -0.2) is 4.79 Å². The predicted octanol–water partition coefficient (Wildman–Crippen LogP) is 3.54. The Morgan fingerprint density at radius 2 is 1.24 bits per heavy atom. The van der Waals surface area contributed by atoms with E-state index in [0.29, 0.717) is 76.9 Å². The van der Waals surface area contributed by atoms with Gasteiger partial charge in [0.15, 0.2) is 5.78 Å². The first-order valence-electron chi connectivity index (χ1n) is 13.1. The molecule has 5 N–H and O–H groups in total. The average Bonchev–Trinajstić information content (AvgIpc) is 2.93. The number of nitrogens with one attached hydrogen (secondary N) is 2. The fraction of sp³-hybridized carbons (Fsp3) is 0.500. The van der Waals surface area contributed by atoms with Crippen LogP contribution in [0.3, 0.4) is 0 Å². The Kier molecular flexibility index (Phi) is 16.2. The number of hydrogen-bond acceptors (Lipinski definition) is 8. The van der Waals surface area contributed by atoms with E-state index in [2.05, 4.69) is 10.6 Å². The van der Waals surface area contributed by atoms with Gasteiger partial charge in [0.2, 0.25) is 0 Å². The molecule has 38 heavy (non-hydrogen) atoms. The zero-order valence-electron chi connectivity index (χ0n) is 22.0. The molecule has 0 spiro atoms. The van der Waals surface area contributed by atoms with Crippen molar-refractivity contribution in [2.24, 2.45) is 5.73 Å². The quantitative estimate of drug-likeness (QED) is 0.133. The largest absolute Gasteiger partial charge is 0.494 e. The van der Waals surface area contributed by atoms with Gasteiger partial charge in [-0.15, -0.1) is 0 Å². The Morgan fingerprint density at radius 3 is 1.84 bits per heavy atom. The summed E-state index contributed by atoms with van der Waals surface area (Å²) in [5, 5.41) is 14.1. The maximum Gasteiger partial charge on any atom is 0.404 e. The number of rotatable bonds is 22. The molecule has 2 rings (SSSR count). The van der Waals surface area contributed by atoms with Crippen LogP contribution in [0.15, 0.2) is 48.5 Å². The van der Waals surface area contributed by atoms with Crippen LogP contribution >= 0.6 is 0 Å². The van der Waals surface area contributed by atoms with Crippen LogP contribution in [0.4, 0.5) is 10.5 Å². The van der Waals surface area contributed by atoms with Gasteiger partial charge < -0.3 is 40.4 Å². The summed E-state index contributed by atoms with van der Waals surface area (Å²) in [6.07, 6.45) is 2.10. The van der Waals surface area contributed by atoms with Crippen LogP contribution in [0.1, 0.15) is 41.6 Å². The number of ether oxygens (including phenoxy) is 4. The van der Waals surface area contributed by atoms with Crippen molar-refractivity contribution in [3.8, 4) is 5.75 Å². The highest BCUT2D eigenvalue weighted by molar-refractivity contribution is 6.09. The smallest absolute Gasteiger partial charge is 0.404 e. The molecule has 0 bridgehead atoms. The zero-order chi connectivity index (χ0) is 27.3. The van der Waals surface area contributed by atoms with E-state index < -0.39 is 6.09 Å². The van der Waals surface area contributed by atoms with Crippen LogP contribution in [-0.2, 0) is 14.2 Å². The molecular formula is C28H41N3O7. The first-order chi connectivity index (χ1) is 18.6. The minimum Gasteiger partial charge on any atom is -0.494 e. The fourth-order valence-electron chi connectivity index (χ4n) is 3.35. The molecule has 0 aliphatic heterocycles. The van der Waals surface area contributed by atoms with Crippen molar-refractivity contribution in [2.45, 2.75) is 25.7 Å². The highest BCUT2D eigenvalue weighted by atomic mass is 16.5. The van der Waals surface area contributed by atoms with E-state index in [1.165, 1.54) is 0 Å². The third-order valence-electron chi connectivity index (χ3n) is 5.37. The van der Waals surface area contributed by atoms with E-state index in [1.807, 2.05) is 24.3 Å². The summed E-state index contributed by atoms with van der Waals surface area (Å²) in [5.74, 6) is 0.704. The summed E-state index contributed by atoms with van der Waals surface area (Å²) >= 11 is 0. The van der Waals surface area contributed by atoms with Crippen molar-refractivity contribution in [3.63, 3.8) is 0 Å². The first kappa shape index (κ1) is 31.0. The maximum absolute atomic E-state index is 12.7. The van der Waals surface area contributed by atoms with E-state index >= 15 is 0 Å². The highest BCUT2D eigenvalue weighted by Crippen LogP contribution is 2.17. The van der Waals surface area contributed by atoms with E-state index in [0.717, 1.165) is 37.2 Å². The Labute approximate surface area is 224 Å². The normalized spacial score (nSPS) is 10.8. The number of carbonyl (C=O) groups is 2. The molecule has 0 heterocycles. The number of anilines is 1. The lowest BCUT2D eigenvalue weighted by Gasteiger charge is -2.09. The second kappa shape index (κ2) is 19.9. The van der Waals surface area contributed by atoms with Crippen LogP contribution in [0.2, 0.25) is 0 Å². The SMILES string of the molecule is NCCCOc1ccc(C(=O)c2ccc(NCCCOCCCOCCOCCCNC(=O)O)cc2)cc1. The molecule has 10 heteroatoms. The lowest BCUT2D eigenvalue weighted by molar-refractivity contribution is 0.0351. The topological polar surface area (TPSA) is 141 Å². The number of hydrogen-bond donors (Lipinski definition) is 4.